The molecule has 3 atom stereocenters. The SMILES string of the molecule is C=CCC1C2=CC(N(/C(C=C)=C/C=C/c3ccc4c(c3)c3ccccc3n4-c3ccccc3)c3ccc(-c4ccc([Si](c5ccccc5)(c5ccccc5)c5ccccc5)cc4)cc3)=CCC2N2C1=CC(=C)C2CC=C. The van der Waals surface area contributed by atoms with Crippen LogP contribution in [0.5, 0.6) is 0 Å². The number of hydrogen-bond acceptors (Lipinski definition) is 2. The standard InChI is InChI=1S/C72H61N3Si/c1-5-23-64-67-51-59(44-48-71(67)75-68(24-6-2)52(4)49-72(64)75)73(56(7-3)28-22-25-53-37-47-70-66(50-53)65-35-20-21-36-69(65)74(70)57-26-12-8-13-27-57)58-42-38-54(39-43-58)55-40-45-63(46-41-55)76(60-29-14-9-15-30-60,61-31-16-10-17-32-61)62-33-18-11-19-34-62/h5-22,25-47,49-51,64,68,71H,1-4,23-24,48H2/b25-22+,56-28+. The highest BCUT2D eigenvalue weighted by Crippen LogP contribution is 2.51. The third kappa shape index (κ3) is 8.41. The van der Waals surface area contributed by atoms with Crippen LogP contribution in [-0.4, -0.2) is 29.6 Å². The van der Waals surface area contributed by atoms with Gasteiger partial charge in [-0.3, -0.25) is 0 Å². The molecule has 3 nitrogen and oxygen atoms in total. The molecule has 76 heavy (non-hydrogen) atoms. The molecule has 0 N–H and O–H groups in total. The number of nitrogens with zero attached hydrogens (tertiary/aromatic N) is 3. The van der Waals surface area contributed by atoms with Gasteiger partial charge in [-0.1, -0.05) is 213 Å². The number of aromatic nitrogens is 1. The highest BCUT2D eigenvalue weighted by Gasteiger charge is 2.47. The lowest BCUT2D eigenvalue weighted by molar-refractivity contribution is 0.273. The summed E-state index contributed by atoms with van der Waals surface area (Å²) in [6.45, 7) is 17.3. The average molecular weight is 996 g/mol. The maximum atomic E-state index is 4.50. The molecule has 1 saturated heterocycles. The van der Waals surface area contributed by atoms with Gasteiger partial charge < -0.3 is 14.4 Å². The lowest BCUT2D eigenvalue weighted by Crippen LogP contribution is -2.74. The van der Waals surface area contributed by atoms with Crippen molar-refractivity contribution in [2.75, 3.05) is 4.90 Å². The van der Waals surface area contributed by atoms with E-state index in [0.717, 1.165) is 53.2 Å². The Labute approximate surface area is 449 Å². The number of fused-ring (bicyclic) bond motifs is 6. The van der Waals surface area contributed by atoms with Crippen molar-refractivity contribution < 1.29 is 0 Å². The molecule has 12 rings (SSSR count). The van der Waals surface area contributed by atoms with Crippen LogP contribution in [0.4, 0.5) is 5.69 Å². The van der Waals surface area contributed by atoms with Gasteiger partial charge in [0.2, 0.25) is 0 Å². The Morgan fingerprint density at radius 1 is 0.579 bits per heavy atom. The first-order chi connectivity index (χ1) is 37.5. The van der Waals surface area contributed by atoms with Crippen LogP contribution in [0.1, 0.15) is 24.8 Å². The van der Waals surface area contributed by atoms with Crippen molar-refractivity contribution in [3.05, 3.63) is 321 Å². The molecule has 0 saturated carbocycles. The van der Waals surface area contributed by atoms with Crippen LogP contribution in [0, 0.1) is 5.92 Å². The van der Waals surface area contributed by atoms with Gasteiger partial charge in [0.25, 0.3) is 0 Å². The van der Waals surface area contributed by atoms with E-state index in [0.29, 0.717) is 0 Å². The molecule has 0 bridgehead atoms. The van der Waals surface area contributed by atoms with Crippen molar-refractivity contribution >= 4 is 62.4 Å². The number of para-hydroxylation sites is 2. The van der Waals surface area contributed by atoms with Gasteiger partial charge in [-0.15, -0.1) is 13.2 Å². The first-order valence-corrected chi connectivity index (χ1v) is 28.6. The van der Waals surface area contributed by atoms with Gasteiger partial charge >= 0.3 is 0 Å². The molecule has 3 unspecified atom stereocenters. The van der Waals surface area contributed by atoms with Crippen LogP contribution in [0.3, 0.4) is 0 Å². The Balaban J connectivity index is 0.920. The largest absolute Gasteiger partial charge is 0.360 e. The lowest BCUT2D eigenvalue weighted by atomic mass is 9.86. The van der Waals surface area contributed by atoms with Crippen LogP contribution < -0.4 is 25.6 Å². The maximum absolute atomic E-state index is 4.50. The second-order valence-corrected chi connectivity index (χ2v) is 23.9. The first-order valence-electron chi connectivity index (χ1n) is 26.6. The van der Waals surface area contributed by atoms with Crippen molar-refractivity contribution in [2.24, 2.45) is 5.92 Å². The zero-order valence-electron chi connectivity index (χ0n) is 42.9. The Kier molecular flexibility index (Phi) is 13.1. The zero-order valence-corrected chi connectivity index (χ0v) is 43.9. The molecule has 1 fully saturated rings. The van der Waals surface area contributed by atoms with Gasteiger partial charge in [0, 0.05) is 45.2 Å². The summed E-state index contributed by atoms with van der Waals surface area (Å²) in [4.78, 5) is 5.00. The van der Waals surface area contributed by atoms with E-state index in [1.165, 1.54) is 65.0 Å². The van der Waals surface area contributed by atoms with Crippen molar-refractivity contribution in [1.82, 2.24) is 9.47 Å². The van der Waals surface area contributed by atoms with Crippen molar-refractivity contribution in [3.8, 4) is 16.8 Å². The van der Waals surface area contributed by atoms with Crippen LogP contribution >= 0.6 is 0 Å². The first kappa shape index (κ1) is 48.0. The van der Waals surface area contributed by atoms with Gasteiger partial charge in [0.15, 0.2) is 8.07 Å². The van der Waals surface area contributed by atoms with Gasteiger partial charge in [0.1, 0.15) is 0 Å². The minimum atomic E-state index is -2.65. The highest BCUT2D eigenvalue weighted by molar-refractivity contribution is 7.19. The summed E-state index contributed by atoms with van der Waals surface area (Å²) in [5, 5.41) is 7.91. The molecule has 3 aliphatic rings. The fourth-order valence-corrected chi connectivity index (χ4v) is 17.3. The zero-order chi connectivity index (χ0) is 51.6. The van der Waals surface area contributed by atoms with Crippen molar-refractivity contribution in [1.29, 1.82) is 0 Å². The molecular formula is C72H61N3Si. The smallest absolute Gasteiger partial charge is 0.179 e. The Hall–Kier alpha value is -8.96. The van der Waals surface area contributed by atoms with E-state index in [1.807, 2.05) is 12.2 Å². The van der Waals surface area contributed by atoms with E-state index < -0.39 is 8.07 Å². The molecule has 1 aliphatic carbocycles. The molecule has 368 valence electrons. The van der Waals surface area contributed by atoms with Gasteiger partial charge in [-0.2, -0.15) is 0 Å². The predicted octanol–water partition coefficient (Wildman–Crippen LogP) is 14.9. The molecule has 0 amide bonds. The van der Waals surface area contributed by atoms with Crippen LogP contribution in [0.2, 0.25) is 0 Å². The summed E-state index contributed by atoms with van der Waals surface area (Å²) in [5.41, 5.74) is 14.1. The predicted molar refractivity (Wildman–Crippen MR) is 327 cm³/mol. The fourth-order valence-electron chi connectivity index (χ4n) is 12.5. The second-order valence-electron chi connectivity index (χ2n) is 20.1. The summed E-state index contributed by atoms with van der Waals surface area (Å²) >= 11 is 0. The summed E-state index contributed by atoms with van der Waals surface area (Å²) in [6.07, 6.45) is 22.5. The van der Waals surface area contributed by atoms with E-state index in [1.54, 1.807) is 0 Å². The summed E-state index contributed by atoms with van der Waals surface area (Å²) < 4.78 is 2.36. The third-order valence-corrected chi connectivity index (χ3v) is 20.7. The molecule has 9 aromatic rings. The lowest BCUT2D eigenvalue weighted by Gasteiger charge is -2.35. The molecule has 1 aromatic heterocycles. The molecule has 8 aromatic carbocycles. The Morgan fingerprint density at radius 3 is 1.76 bits per heavy atom. The Morgan fingerprint density at radius 2 is 1.14 bits per heavy atom. The number of benzene rings is 8. The highest BCUT2D eigenvalue weighted by atomic mass is 28.3. The average Bonchev–Trinajstić information content (AvgIpc) is 4.09. The van der Waals surface area contributed by atoms with Crippen LogP contribution in [-0.2, 0) is 0 Å². The topological polar surface area (TPSA) is 11.4 Å². The number of anilines is 1. The third-order valence-electron chi connectivity index (χ3n) is 15.9. The number of allylic oxidation sites excluding steroid dienone is 6. The van der Waals surface area contributed by atoms with Crippen LogP contribution in [0.25, 0.3) is 44.7 Å². The molecule has 2 aliphatic heterocycles. The Bertz CT molecular complexity index is 3700. The van der Waals surface area contributed by atoms with Crippen molar-refractivity contribution in [3.63, 3.8) is 0 Å². The second kappa shape index (κ2) is 20.7. The number of hydrogen-bond donors (Lipinski definition) is 0. The summed E-state index contributed by atoms with van der Waals surface area (Å²) in [5.74, 6) is 0.233. The normalized spacial score (nSPS) is 17.3. The van der Waals surface area contributed by atoms with E-state index >= 15 is 0 Å². The van der Waals surface area contributed by atoms with Crippen LogP contribution in [0.15, 0.2) is 315 Å². The maximum Gasteiger partial charge on any atom is 0.179 e. The van der Waals surface area contributed by atoms with Crippen molar-refractivity contribution in [2.45, 2.75) is 31.3 Å². The quantitative estimate of drug-likeness (QED) is 0.0414. The minimum absolute atomic E-state index is 0.222. The number of rotatable bonds is 16. The molecule has 0 spiro atoms. The van der Waals surface area contributed by atoms with E-state index in [4.69, 9.17) is 0 Å². The molecule has 4 heteroatoms. The van der Waals surface area contributed by atoms with E-state index in [2.05, 4.69) is 296 Å². The van der Waals surface area contributed by atoms with E-state index in [9.17, 15) is 0 Å². The molecule has 0 radical (unpaired) electrons. The monoisotopic (exact) mass is 995 g/mol. The van der Waals surface area contributed by atoms with Gasteiger partial charge in [-0.25, -0.2) is 0 Å². The minimum Gasteiger partial charge on any atom is -0.360 e. The fraction of sp³-hybridized carbons (Fsp3) is 0.0833. The molecular weight excluding hydrogens is 935 g/mol. The molecule has 3 heterocycles. The van der Waals surface area contributed by atoms with Gasteiger partial charge in [-0.05, 0) is 135 Å². The van der Waals surface area contributed by atoms with E-state index in [-0.39, 0.29) is 18.0 Å². The summed E-state index contributed by atoms with van der Waals surface area (Å²) in [7, 11) is -2.65. The summed E-state index contributed by atoms with van der Waals surface area (Å²) in [6, 6.07) is 78.4. The van der Waals surface area contributed by atoms with Gasteiger partial charge in [0.05, 0.1) is 23.1 Å².